The van der Waals surface area contributed by atoms with Crippen LogP contribution in [0.25, 0.3) is 22.4 Å². The summed E-state index contributed by atoms with van der Waals surface area (Å²) < 4.78 is 18.3. The number of nitrogens with one attached hydrogen (secondary N) is 1. The minimum absolute atomic E-state index is 0.269. The Balaban J connectivity index is 2.16. The van der Waals surface area contributed by atoms with Crippen molar-refractivity contribution in [2.75, 3.05) is 12.8 Å². The number of hydrogen-bond acceptors (Lipinski definition) is 3. The van der Waals surface area contributed by atoms with Crippen molar-refractivity contribution >= 4 is 5.82 Å². The molecule has 0 radical (unpaired) electrons. The van der Waals surface area contributed by atoms with Crippen LogP contribution in [0.1, 0.15) is 5.56 Å². The quantitative estimate of drug-likeness (QED) is 0.803. The third-order valence-electron chi connectivity index (χ3n) is 3.76. The highest BCUT2D eigenvalue weighted by Crippen LogP contribution is 2.30. The molecule has 0 atom stereocenters. The molecule has 0 saturated heterocycles. The monoisotopic (exact) mass is 320 g/mol. The van der Waals surface area contributed by atoms with Gasteiger partial charge in [0.05, 0.1) is 7.11 Å². The second-order valence-corrected chi connectivity index (χ2v) is 5.23. The highest BCUT2D eigenvalue weighted by atomic mass is 19.1. The molecule has 0 bridgehead atoms. The lowest BCUT2D eigenvalue weighted by Crippen LogP contribution is -2.16. The molecule has 0 aliphatic heterocycles. The van der Waals surface area contributed by atoms with E-state index in [-0.39, 0.29) is 11.6 Å². The van der Waals surface area contributed by atoms with E-state index in [2.05, 4.69) is 11.1 Å². The minimum Gasteiger partial charge on any atom is -0.497 e. The number of H-pyrrole nitrogens is 1. The Kier molecular flexibility index (Phi) is 4.13. The molecule has 0 amide bonds. The number of nitrogens with two attached hydrogens (primary N) is 1. The normalized spacial score (nSPS) is 10.2. The molecular weight excluding hydrogens is 305 g/mol. The van der Waals surface area contributed by atoms with E-state index in [1.54, 1.807) is 19.2 Å². The van der Waals surface area contributed by atoms with E-state index in [0.29, 0.717) is 16.8 Å². The lowest BCUT2D eigenvalue weighted by atomic mass is 9.98. The zero-order chi connectivity index (χ0) is 17.1. The van der Waals surface area contributed by atoms with Crippen molar-refractivity contribution in [3.8, 4) is 34.2 Å². The van der Waals surface area contributed by atoms with Crippen molar-refractivity contribution in [3.05, 3.63) is 66.0 Å². The third-order valence-corrected chi connectivity index (χ3v) is 3.76. The van der Waals surface area contributed by atoms with Crippen LogP contribution in [0.3, 0.4) is 0 Å². The lowest BCUT2D eigenvalue weighted by molar-refractivity contribution is -0.346. The number of benzene rings is 2. The first-order chi connectivity index (χ1) is 11.6. The van der Waals surface area contributed by atoms with Crippen LogP contribution in [0.5, 0.6) is 5.75 Å². The van der Waals surface area contributed by atoms with Gasteiger partial charge >= 0.3 is 0 Å². The maximum atomic E-state index is 13.1. The molecule has 0 saturated carbocycles. The van der Waals surface area contributed by atoms with E-state index in [0.717, 1.165) is 16.9 Å². The largest absolute Gasteiger partial charge is 0.497 e. The average Bonchev–Trinajstić information content (AvgIpc) is 2.61. The van der Waals surface area contributed by atoms with Crippen molar-refractivity contribution < 1.29 is 14.1 Å². The topological polar surface area (TPSA) is 73.2 Å². The van der Waals surface area contributed by atoms with Crippen molar-refractivity contribution in [2.45, 2.75) is 0 Å². The van der Waals surface area contributed by atoms with Gasteiger partial charge in [0, 0.05) is 11.1 Å². The molecule has 0 fully saturated rings. The van der Waals surface area contributed by atoms with Gasteiger partial charge in [-0.3, -0.25) is 5.73 Å². The number of anilines is 1. The summed E-state index contributed by atoms with van der Waals surface area (Å²) in [7, 11) is 1.60. The fourth-order valence-corrected chi connectivity index (χ4v) is 2.51. The number of halogens is 1. The van der Waals surface area contributed by atoms with Gasteiger partial charge in [-0.25, -0.2) is 9.37 Å². The highest BCUT2D eigenvalue weighted by Gasteiger charge is 2.17. The lowest BCUT2D eigenvalue weighted by Gasteiger charge is -2.08. The van der Waals surface area contributed by atoms with Gasteiger partial charge in [0.1, 0.15) is 28.9 Å². The predicted molar refractivity (Wildman–Crippen MR) is 89.5 cm³/mol. The van der Waals surface area contributed by atoms with E-state index >= 15 is 0 Å². The summed E-state index contributed by atoms with van der Waals surface area (Å²) >= 11 is 0. The number of pyridine rings is 1. The van der Waals surface area contributed by atoms with Crippen LogP contribution in [-0.4, -0.2) is 7.11 Å². The van der Waals surface area contributed by atoms with E-state index in [1.807, 2.05) is 30.3 Å². The first-order valence-corrected chi connectivity index (χ1v) is 7.28. The molecule has 1 heterocycles. The van der Waals surface area contributed by atoms with Crippen LogP contribution in [0.2, 0.25) is 0 Å². The summed E-state index contributed by atoms with van der Waals surface area (Å²) in [5.41, 5.74) is 9.42. The van der Waals surface area contributed by atoms with Crippen molar-refractivity contribution in [2.24, 2.45) is 0 Å². The van der Waals surface area contributed by atoms with Crippen molar-refractivity contribution in [1.82, 2.24) is 0 Å². The smallest absolute Gasteiger partial charge is 0.289 e. The van der Waals surface area contributed by atoms with Gasteiger partial charge in [0.25, 0.3) is 5.82 Å². The zero-order valence-corrected chi connectivity index (χ0v) is 13.0. The summed E-state index contributed by atoms with van der Waals surface area (Å²) in [5.74, 6) is 0.687. The Morgan fingerprint density at radius 2 is 1.67 bits per heavy atom. The van der Waals surface area contributed by atoms with Crippen LogP contribution >= 0.6 is 0 Å². The second kappa shape index (κ2) is 6.39. The van der Waals surface area contributed by atoms with E-state index in [9.17, 15) is 9.65 Å². The van der Waals surface area contributed by atoms with Crippen LogP contribution in [-0.2, 0) is 0 Å². The third kappa shape index (κ3) is 2.90. The molecule has 1 aromatic heterocycles. The molecule has 3 rings (SSSR count). The Morgan fingerprint density at radius 1 is 1.04 bits per heavy atom. The number of hydrogen-bond donors (Lipinski definition) is 1. The Labute approximate surface area is 139 Å². The molecule has 0 aliphatic carbocycles. The summed E-state index contributed by atoms with van der Waals surface area (Å²) in [6, 6.07) is 17.4. The number of rotatable bonds is 3. The fourth-order valence-electron chi connectivity index (χ4n) is 2.51. The summed E-state index contributed by atoms with van der Waals surface area (Å²) in [6.45, 7) is 0. The van der Waals surface area contributed by atoms with Gasteiger partial charge < -0.3 is 4.74 Å². The summed E-state index contributed by atoms with van der Waals surface area (Å²) in [5, 5.41) is 9.43. The van der Waals surface area contributed by atoms with Crippen LogP contribution in [0.4, 0.5) is 10.2 Å². The number of aromatic nitrogens is 1. The minimum atomic E-state index is -0.309. The van der Waals surface area contributed by atoms with Crippen LogP contribution in [0.15, 0.2) is 54.6 Å². The van der Waals surface area contributed by atoms with Crippen molar-refractivity contribution in [1.29, 1.82) is 5.26 Å². The first-order valence-electron chi connectivity index (χ1n) is 7.28. The molecule has 0 aliphatic rings. The molecule has 0 spiro atoms. The average molecular weight is 320 g/mol. The maximum Gasteiger partial charge on any atom is 0.289 e. The number of nitrogen functional groups attached to an aromatic ring is 1. The molecule has 5 heteroatoms. The predicted octanol–water partition coefficient (Wildman–Crippen LogP) is 3.44. The first kappa shape index (κ1) is 15.5. The SMILES string of the molecule is COc1ccc(-c2cc(-c3ccc(F)cc3)[nH+]c(N)c2C#N)cc1. The number of nitriles is 1. The van der Waals surface area contributed by atoms with Gasteiger partial charge in [0.15, 0.2) is 0 Å². The van der Waals surface area contributed by atoms with Gasteiger partial charge in [-0.05, 0) is 48.0 Å². The molecule has 0 unspecified atom stereocenters. The Hall–Kier alpha value is -3.39. The second-order valence-electron chi connectivity index (χ2n) is 5.23. The molecule has 3 aromatic rings. The molecule has 4 nitrogen and oxygen atoms in total. The fraction of sp³-hybridized carbons (Fsp3) is 0.0526. The van der Waals surface area contributed by atoms with Crippen LogP contribution < -0.4 is 15.5 Å². The van der Waals surface area contributed by atoms with E-state index in [1.165, 1.54) is 12.1 Å². The van der Waals surface area contributed by atoms with Crippen LogP contribution in [0, 0.1) is 17.1 Å². The van der Waals surface area contributed by atoms with Gasteiger partial charge in [0.2, 0.25) is 0 Å². The number of aromatic amines is 1. The van der Waals surface area contributed by atoms with Gasteiger partial charge in [-0.1, -0.05) is 12.1 Å². The Bertz CT molecular complexity index is 913. The van der Waals surface area contributed by atoms with E-state index < -0.39 is 0 Å². The van der Waals surface area contributed by atoms with Gasteiger partial charge in [-0.2, -0.15) is 5.26 Å². The molecular formula is C19H15FN3O+. The number of methoxy groups -OCH3 is 1. The highest BCUT2D eigenvalue weighted by molar-refractivity contribution is 5.77. The summed E-state index contributed by atoms with van der Waals surface area (Å²) in [4.78, 5) is 3.00. The van der Waals surface area contributed by atoms with E-state index in [4.69, 9.17) is 10.5 Å². The van der Waals surface area contributed by atoms with Crippen molar-refractivity contribution in [3.63, 3.8) is 0 Å². The molecule has 2 aromatic carbocycles. The molecule has 118 valence electrons. The number of nitrogens with zero attached hydrogens (tertiary/aromatic N) is 1. The Morgan fingerprint density at radius 3 is 2.25 bits per heavy atom. The molecule has 24 heavy (non-hydrogen) atoms. The standard InChI is InChI=1S/C19H14FN3O/c1-24-15-8-4-12(5-9-15)16-10-18(23-19(22)17(16)11-21)13-2-6-14(20)7-3-13/h2-10H,1H3,(H2,22,23)/p+1. The summed E-state index contributed by atoms with van der Waals surface area (Å²) in [6.07, 6.45) is 0. The van der Waals surface area contributed by atoms with Gasteiger partial charge in [-0.15, -0.1) is 0 Å². The number of ether oxygens (including phenoxy) is 1. The zero-order valence-electron chi connectivity index (χ0n) is 13.0. The molecule has 3 N–H and O–H groups in total. The maximum absolute atomic E-state index is 13.1.